The zero-order valence-electron chi connectivity index (χ0n) is 10.4. The number of nitrogens with two attached hydrogens (primary N) is 1. The van der Waals surface area contributed by atoms with Crippen molar-refractivity contribution in [3.05, 3.63) is 0 Å². The van der Waals surface area contributed by atoms with E-state index in [2.05, 4.69) is 10.6 Å². The van der Waals surface area contributed by atoms with Crippen molar-refractivity contribution < 1.29 is 9.59 Å². The van der Waals surface area contributed by atoms with Gasteiger partial charge in [-0.25, -0.2) is 0 Å². The van der Waals surface area contributed by atoms with Crippen LogP contribution in [0.5, 0.6) is 0 Å². The van der Waals surface area contributed by atoms with Gasteiger partial charge in [-0.15, -0.1) is 0 Å². The summed E-state index contributed by atoms with van der Waals surface area (Å²) in [6.07, 6.45) is 1.72. The van der Waals surface area contributed by atoms with Crippen molar-refractivity contribution in [2.45, 2.75) is 39.7 Å². The molecule has 0 radical (unpaired) electrons. The molecule has 0 aliphatic rings. The molecule has 94 valence electrons. The summed E-state index contributed by atoms with van der Waals surface area (Å²) in [5, 5.41) is 5.21. The molecule has 4 N–H and O–H groups in total. The van der Waals surface area contributed by atoms with Gasteiger partial charge in [0.25, 0.3) is 0 Å². The summed E-state index contributed by atoms with van der Waals surface area (Å²) >= 11 is 0. The van der Waals surface area contributed by atoms with Gasteiger partial charge in [-0.1, -0.05) is 27.2 Å². The topological polar surface area (TPSA) is 84.2 Å². The van der Waals surface area contributed by atoms with Gasteiger partial charge in [-0.05, 0) is 12.3 Å². The first-order chi connectivity index (χ1) is 7.52. The molecule has 0 aromatic heterocycles. The van der Waals surface area contributed by atoms with Crippen LogP contribution in [-0.4, -0.2) is 30.9 Å². The van der Waals surface area contributed by atoms with Crippen LogP contribution in [0.3, 0.4) is 0 Å². The van der Waals surface area contributed by atoms with Gasteiger partial charge in [0.1, 0.15) is 0 Å². The summed E-state index contributed by atoms with van der Waals surface area (Å²) in [5.41, 5.74) is 5.71. The van der Waals surface area contributed by atoms with Crippen LogP contribution in [0.25, 0.3) is 0 Å². The van der Waals surface area contributed by atoms with Gasteiger partial charge in [0.15, 0.2) is 0 Å². The number of nitrogens with one attached hydrogen (secondary N) is 2. The van der Waals surface area contributed by atoms with E-state index in [1.54, 1.807) is 0 Å². The van der Waals surface area contributed by atoms with Crippen molar-refractivity contribution >= 4 is 11.8 Å². The molecule has 2 amide bonds. The summed E-state index contributed by atoms with van der Waals surface area (Å²) in [5.74, 6) is -0.314. The van der Waals surface area contributed by atoms with Gasteiger partial charge < -0.3 is 16.4 Å². The number of carbonyl (C=O) groups is 2. The first kappa shape index (κ1) is 14.9. The normalized spacial score (nSPS) is 14.0. The van der Waals surface area contributed by atoms with E-state index in [-0.39, 0.29) is 24.3 Å². The molecule has 0 aromatic carbocycles. The summed E-state index contributed by atoms with van der Waals surface area (Å²) < 4.78 is 0. The molecule has 0 rings (SSSR count). The Balaban J connectivity index is 3.84. The van der Waals surface area contributed by atoms with E-state index in [9.17, 15) is 9.59 Å². The van der Waals surface area contributed by atoms with Crippen LogP contribution in [0.4, 0.5) is 0 Å². The van der Waals surface area contributed by atoms with E-state index in [0.717, 1.165) is 12.8 Å². The molecule has 0 spiro atoms. The smallest absolute Gasteiger partial charge is 0.239 e. The highest BCUT2D eigenvalue weighted by Crippen LogP contribution is 2.04. The second-order valence-corrected chi connectivity index (χ2v) is 3.98. The van der Waals surface area contributed by atoms with Gasteiger partial charge in [-0.3, -0.25) is 9.59 Å². The SMILES string of the molecule is CCCNC(=O)CNC(=O)[C@@H](N)C(C)CC. The maximum Gasteiger partial charge on any atom is 0.239 e. The Morgan fingerprint density at radius 2 is 1.88 bits per heavy atom. The van der Waals surface area contributed by atoms with Crippen molar-refractivity contribution in [3.63, 3.8) is 0 Å². The summed E-state index contributed by atoms with van der Waals surface area (Å²) in [6.45, 7) is 6.50. The zero-order chi connectivity index (χ0) is 12.6. The minimum Gasteiger partial charge on any atom is -0.355 e. The molecule has 0 heterocycles. The Labute approximate surface area is 97.2 Å². The molecule has 0 saturated carbocycles. The van der Waals surface area contributed by atoms with Crippen LogP contribution in [0.2, 0.25) is 0 Å². The number of hydrogen-bond donors (Lipinski definition) is 3. The van der Waals surface area contributed by atoms with E-state index in [1.165, 1.54) is 0 Å². The van der Waals surface area contributed by atoms with Crippen LogP contribution in [0.1, 0.15) is 33.6 Å². The summed E-state index contributed by atoms with van der Waals surface area (Å²) in [6, 6.07) is -0.538. The predicted octanol–water partition coefficient (Wildman–Crippen LogP) is 0.00220. The van der Waals surface area contributed by atoms with Crippen LogP contribution in [0.15, 0.2) is 0 Å². The van der Waals surface area contributed by atoms with E-state index in [4.69, 9.17) is 5.73 Å². The third-order valence-corrected chi connectivity index (χ3v) is 2.56. The lowest BCUT2D eigenvalue weighted by Crippen LogP contribution is -2.47. The summed E-state index contributed by atoms with van der Waals surface area (Å²) in [7, 11) is 0. The largest absolute Gasteiger partial charge is 0.355 e. The highest BCUT2D eigenvalue weighted by molar-refractivity contribution is 5.87. The van der Waals surface area contributed by atoms with Crippen LogP contribution < -0.4 is 16.4 Å². The van der Waals surface area contributed by atoms with Crippen LogP contribution >= 0.6 is 0 Å². The molecule has 0 fully saturated rings. The monoisotopic (exact) mass is 229 g/mol. The fourth-order valence-electron chi connectivity index (χ4n) is 1.12. The van der Waals surface area contributed by atoms with Crippen LogP contribution in [0, 0.1) is 5.92 Å². The minimum atomic E-state index is -0.538. The third kappa shape index (κ3) is 5.70. The molecule has 0 bridgehead atoms. The molecule has 0 aliphatic heterocycles. The number of carbonyl (C=O) groups excluding carboxylic acids is 2. The van der Waals surface area contributed by atoms with E-state index in [0.29, 0.717) is 6.54 Å². The lowest BCUT2D eigenvalue weighted by atomic mass is 9.99. The van der Waals surface area contributed by atoms with Gasteiger partial charge in [0.2, 0.25) is 11.8 Å². The highest BCUT2D eigenvalue weighted by Gasteiger charge is 2.19. The van der Waals surface area contributed by atoms with Gasteiger partial charge in [-0.2, -0.15) is 0 Å². The maximum atomic E-state index is 11.5. The van der Waals surface area contributed by atoms with Gasteiger partial charge in [0, 0.05) is 6.54 Å². The molecular weight excluding hydrogens is 206 g/mol. The molecule has 5 nitrogen and oxygen atoms in total. The number of amides is 2. The van der Waals surface area contributed by atoms with Crippen molar-refractivity contribution in [3.8, 4) is 0 Å². The third-order valence-electron chi connectivity index (χ3n) is 2.56. The Bertz CT molecular complexity index is 231. The molecule has 0 saturated heterocycles. The molecule has 1 unspecified atom stereocenters. The molecule has 0 aliphatic carbocycles. The molecule has 0 aromatic rings. The number of hydrogen-bond acceptors (Lipinski definition) is 3. The molecule has 5 heteroatoms. The van der Waals surface area contributed by atoms with Crippen LogP contribution in [-0.2, 0) is 9.59 Å². The van der Waals surface area contributed by atoms with Crippen molar-refractivity contribution in [2.24, 2.45) is 11.7 Å². The standard InChI is InChI=1S/C11H23N3O2/c1-4-6-13-9(15)7-14-11(16)10(12)8(3)5-2/h8,10H,4-7,12H2,1-3H3,(H,13,15)(H,14,16)/t8?,10-/m0/s1. The van der Waals surface area contributed by atoms with Crippen molar-refractivity contribution in [1.29, 1.82) is 0 Å². The number of rotatable bonds is 7. The fourth-order valence-corrected chi connectivity index (χ4v) is 1.12. The second kappa shape index (κ2) is 8.10. The Morgan fingerprint density at radius 3 is 2.38 bits per heavy atom. The second-order valence-electron chi connectivity index (χ2n) is 3.98. The van der Waals surface area contributed by atoms with Gasteiger partial charge >= 0.3 is 0 Å². The first-order valence-electron chi connectivity index (χ1n) is 5.82. The Hall–Kier alpha value is -1.10. The minimum absolute atomic E-state index is 0.00294. The lowest BCUT2D eigenvalue weighted by Gasteiger charge is -2.17. The maximum absolute atomic E-state index is 11.5. The van der Waals surface area contributed by atoms with E-state index in [1.807, 2.05) is 20.8 Å². The molecular formula is C11H23N3O2. The van der Waals surface area contributed by atoms with Crippen molar-refractivity contribution in [2.75, 3.05) is 13.1 Å². The van der Waals surface area contributed by atoms with E-state index >= 15 is 0 Å². The zero-order valence-corrected chi connectivity index (χ0v) is 10.4. The average molecular weight is 229 g/mol. The predicted molar refractivity (Wildman–Crippen MR) is 63.7 cm³/mol. The fraction of sp³-hybridized carbons (Fsp3) is 0.818. The lowest BCUT2D eigenvalue weighted by molar-refractivity contribution is -0.127. The average Bonchev–Trinajstić information content (AvgIpc) is 2.31. The molecule has 2 atom stereocenters. The highest BCUT2D eigenvalue weighted by atomic mass is 16.2. The Morgan fingerprint density at radius 1 is 1.25 bits per heavy atom. The summed E-state index contributed by atoms with van der Waals surface area (Å²) in [4.78, 5) is 22.7. The van der Waals surface area contributed by atoms with E-state index < -0.39 is 6.04 Å². The first-order valence-corrected chi connectivity index (χ1v) is 5.82. The molecule has 16 heavy (non-hydrogen) atoms. The Kier molecular flexibility index (Phi) is 7.54. The van der Waals surface area contributed by atoms with Gasteiger partial charge in [0.05, 0.1) is 12.6 Å². The quantitative estimate of drug-likeness (QED) is 0.574. The van der Waals surface area contributed by atoms with Crippen molar-refractivity contribution in [1.82, 2.24) is 10.6 Å².